The van der Waals surface area contributed by atoms with E-state index < -0.39 is 5.97 Å². The van der Waals surface area contributed by atoms with E-state index in [1.807, 2.05) is 61.5 Å². The topological polar surface area (TPSA) is 86.7 Å². The van der Waals surface area contributed by atoms with Gasteiger partial charge in [-0.25, -0.2) is 0 Å². The highest BCUT2D eigenvalue weighted by Crippen LogP contribution is 2.42. The van der Waals surface area contributed by atoms with Gasteiger partial charge in [-0.3, -0.25) is 9.69 Å². The van der Waals surface area contributed by atoms with Gasteiger partial charge in [-0.1, -0.05) is 30.3 Å². The lowest BCUT2D eigenvalue weighted by Gasteiger charge is -2.37. The molecule has 0 bridgehead atoms. The molecule has 0 fully saturated rings. The van der Waals surface area contributed by atoms with Gasteiger partial charge >= 0.3 is 5.97 Å². The largest absolute Gasteiger partial charge is 0.493 e. The highest BCUT2D eigenvalue weighted by Gasteiger charge is 2.31. The lowest BCUT2D eigenvalue weighted by molar-refractivity contribution is -0.138. The highest BCUT2D eigenvalue weighted by atomic mass is 16.5. The predicted molar refractivity (Wildman–Crippen MR) is 144 cm³/mol. The van der Waals surface area contributed by atoms with E-state index in [4.69, 9.17) is 23.7 Å². The van der Waals surface area contributed by atoms with Crippen LogP contribution in [0.15, 0.2) is 54.6 Å². The van der Waals surface area contributed by atoms with Crippen LogP contribution < -0.4 is 23.7 Å². The van der Waals surface area contributed by atoms with E-state index >= 15 is 0 Å². The third kappa shape index (κ3) is 6.14. The quantitative estimate of drug-likeness (QED) is 0.345. The highest BCUT2D eigenvalue weighted by molar-refractivity contribution is 5.68. The van der Waals surface area contributed by atoms with Crippen LogP contribution in [0.5, 0.6) is 28.7 Å². The Kier molecular flexibility index (Phi) is 8.97. The Labute approximate surface area is 223 Å². The molecule has 0 radical (unpaired) electrons. The zero-order chi connectivity index (χ0) is 27.1. The maximum Gasteiger partial charge on any atom is 0.305 e. The van der Waals surface area contributed by atoms with E-state index in [0.29, 0.717) is 55.1 Å². The van der Waals surface area contributed by atoms with E-state index in [-0.39, 0.29) is 12.5 Å². The molecule has 0 aromatic heterocycles. The number of hydrogen-bond acceptors (Lipinski definition) is 7. The molecule has 0 saturated carbocycles. The summed E-state index contributed by atoms with van der Waals surface area (Å²) < 4.78 is 28.6. The summed E-state index contributed by atoms with van der Waals surface area (Å²) >= 11 is 0. The molecule has 0 saturated heterocycles. The monoisotopic (exact) mass is 521 g/mol. The minimum atomic E-state index is -0.861. The number of carbonyl (C=O) groups is 1. The van der Waals surface area contributed by atoms with Gasteiger partial charge in [0, 0.05) is 19.1 Å². The van der Waals surface area contributed by atoms with Crippen LogP contribution in [0.1, 0.15) is 41.6 Å². The van der Waals surface area contributed by atoms with Crippen LogP contribution >= 0.6 is 0 Å². The summed E-state index contributed by atoms with van der Waals surface area (Å²) in [5.74, 6) is 2.07. The van der Waals surface area contributed by atoms with E-state index in [1.165, 1.54) is 0 Å². The average Bonchev–Trinajstić information content (AvgIpc) is 2.93. The number of ether oxygens (including phenoxy) is 5. The Morgan fingerprint density at radius 2 is 1.58 bits per heavy atom. The lowest BCUT2D eigenvalue weighted by Crippen LogP contribution is -2.36. The third-order valence-corrected chi connectivity index (χ3v) is 6.69. The minimum absolute atomic E-state index is 0.0345. The smallest absolute Gasteiger partial charge is 0.305 e. The molecule has 4 rings (SSSR count). The maximum absolute atomic E-state index is 12.0. The molecule has 8 nitrogen and oxygen atoms in total. The van der Waals surface area contributed by atoms with Crippen molar-refractivity contribution < 1.29 is 33.6 Å². The van der Waals surface area contributed by atoms with Crippen LogP contribution in [0.4, 0.5) is 0 Å². The van der Waals surface area contributed by atoms with E-state index in [1.54, 1.807) is 21.3 Å². The molecule has 1 unspecified atom stereocenters. The van der Waals surface area contributed by atoms with Gasteiger partial charge in [0.25, 0.3) is 0 Å². The number of hydrogen-bond donors (Lipinski definition) is 1. The van der Waals surface area contributed by atoms with Crippen molar-refractivity contribution in [1.29, 1.82) is 0 Å². The number of rotatable bonds is 12. The Balaban J connectivity index is 1.65. The molecular weight excluding hydrogens is 486 g/mol. The van der Waals surface area contributed by atoms with Crippen molar-refractivity contribution in [3.05, 3.63) is 76.9 Å². The summed E-state index contributed by atoms with van der Waals surface area (Å²) in [5.41, 5.74) is 4.02. The minimum Gasteiger partial charge on any atom is -0.493 e. The second-order valence-electron chi connectivity index (χ2n) is 9.07. The van der Waals surface area contributed by atoms with Gasteiger partial charge < -0.3 is 28.8 Å². The Hall–Kier alpha value is -3.91. The first-order valence-electron chi connectivity index (χ1n) is 12.7. The molecule has 38 heavy (non-hydrogen) atoms. The molecule has 8 heteroatoms. The predicted octanol–water partition coefficient (Wildman–Crippen LogP) is 5.26. The Bertz CT molecular complexity index is 1220. The van der Waals surface area contributed by atoms with Crippen LogP contribution in [0.3, 0.4) is 0 Å². The number of nitrogens with zero attached hydrogens (tertiary/aromatic N) is 1. The van der Waals surface area contributed by atoms with Gasteiger partial charge in [0.05, 0.1) is 34.4 Å². The average molecular weight is 522 g/mol. The van der Waals surface area contributed by atoms with Gasteiger partial charge in [0.2, 0.25) is 5.75 Å². The fourth-order valence-electron chi connectivity index (χ4n) is 4.93. The molecule has 1 aliphatic rings. The van der Waals surface area contributed by atoms with Crippen molar-refractivity contribution in [3.63, 3.8) is 0 Å². The number of benzene rings is 3. The standard InChI is InChI=1S/C30H35NO7/c1-5-37-26-16-23-22(15-25(26)38-19-20-9-7-6-8-10-20)11-12-31(24(23)17-29(32)33)18-21-13-27(34-2)30(36-4)28(14-21)35-3/h6-10,13-16,24H,5,11-12,17-19H2,1-4H3,(H,32,33). The van der Waals surface area contributed by atoms with Gasteiger partial charge in [-0.15, -0.1) is 0 Å². The van der Waals surface area contributed by atoms with Crippen molar-refractivity contribution in [2.75, 3.05) is 34.5 Å². The fraction of sp³-hybridized carbons (Fsp3) is 0.367. The number of aliphatic carboxylic acids is 1. The summed E-state index contributed by atoms with van der Waals surface area (Å²) in [6.45, 7) is 4.02. The first-order valence-corrected chi connectivity index (χ1v) is 12.7. The van der Waals surface area contributed by atoms with E-state index in [9.17, 15) is 9.90 Å². The van der Waals surface area contributed by atoms with Crippen molar-refractivity contribution in [1.82, 2.24) is 4.90 Å². The number of carboxylic acid groups (broad SMARTS) is 1. The van der Waals surface area contributed by atoms with E-state index in [2.05, 4.69) is 4.90 Å². The van der Waals surface area contributed by atoms with Crippen molar-refractivity contribution in [2.45, 2.75) is 39.0 Å². The number of fused-ring (bicyclic) bond motifs is 1. The molecule has 0 spiro atoms. The molecule has 1 atom stereocenters. The molecule has 202 valence electrons. The molecule has 1 N–H and O–H groups in total. The second-order valence-corrected chi connectivity index (χ2v) is 9.07. The van der Waals surface area contributed by atoms with Gasteiger partial charge in [-0.2, -0.15) is 0 Å². The van der Waals surface area contributed by atoms with Crippen molar-refractivity contribution >= 4 is 5.97 Å². The fourth-order valence-corrected chi connectivity index (χ4v) is 4.93. The third-order valence-electron chi connectivity index (χ3n) is 6.69. The van der Waals surface area contributed by atoms with Gasteiger partial charge in [-0.05, 0) is 59.9 Å². The van der Waals surface area contributed by atoms with Crippen molar-refractivity contribution in [2.24, 2.45) is 0 Å². The Morgan fingerprint density at radius 1 is 0.895 bits per heavy atom. The lowest BCUT2D eigenvalue weighted by atomic mass is 9.89. The van der Waals surface area contributed by atoms with Crippen LogP contribution in [0.25, 0.3) is 0 Å². The normalized spacial score (nSPS) is 14.9. The van der Waals surface area contributed by atoms with Crippen LogP contribution in [-0.2, 0) is 24.4 Å². The molecule has 3 aromatic rings. The summed E-state index contributed by atoms with van der Waals surface area (Å²) in [5, 5.41) is 9.81. The molecule has 1 aliphatic heterocycles. The zero-order valence-corrected chi connectivity index (χ0v) is 22.4. The van der Waals surface area contributed by atoms with Gasteiger partial charge in [0.1, 0.15) is 6.61 Å². The van der Waals surface area contributed by atoms with Crippen LogP contribution in [-0.4, -0.2) is 50.5 Å². The molecule has 1 heterocycles. The summed E-state index contributed by atoms with van der Waals surface area (Å²) in [4.78, 5) is 14.1. The maximum atomic E-state index is 12.0. The first-order chi connectivity index (χ1) is 18.5. The van der Waals surface area contributed by atoms with Crippen molar-refractivity contribution in [3.8, 4) is 28.7 Å². The first kappa shape index (κ1) is 27.1. The second kappa shape index (κ2) is 12.6. The number of carboxylic acids is 1. The molecule has 3 aromatic carbocycles. The molecule has 0 amide bonds. The zero-order valence-electron chi connectivity index (χ0n) is 22.4. The Morgan fingerprint density at radius 3 is 2.18 bits per heavy atom. The van der Waals surface area contributed by atoms with Crippen LogP contribution in [0, 0.1) is 0 Å². The molecule has 0 aliphatic carbocycles. The van der Waals surface area contributed by atoms with E-state index in [0.717, 1.165) is 28.7 Å². The summed E-state index contributed by atoms with van der Waals surface area (Å²) in [7, 11) is 4.73. The van der Waals surface area contributed by atoms with Crippen LogP contribution in [0.2, 0.25) is 0 Å². The van der Waals surface area contributed by atoms with Gasteiger partial charge in [0.15, 0.2) is 23.0 Å². The SMILES string of the molecule is CCOc1cc2c(cc1OCc1ccccc1)CCN(Cc1cc(OC)c(OC)c(OC)c1)C2CC(=O)O. The molecular formula is C30H35NO7. The number of methoxy groups -OCH3 is 3. The summed E-state index contributed by atoms with van der Waals surface area (Å²) in [6.07, 6.45) is 0.719. The summed E-state index contributed by atoms with van der Waals surface area (Å²) in [6, 6.07) is 17.4.